The number of amides is 1. The van der Waals surface area contributed by atoms with Crippen LogP contribution in [0.15, 0.2) is 41.8 Å². The lowest BCUT2D eigenvalue weighted by molar-refractivity contribution is 0.0762. The zero-order valence-corrected chi connectivity index (χ0v) is 11.3. The van der Waals surface area contributed by atoms with Crippen molar-refractivity contribution >= 4 is 15.9 Å². The summed E-state index contributed by atoms with van der Waals surface area (Å²) < 4.78 is 22.6. The second-order valence-electron chi connectivity index (χ2n) is 4.55. The van der Waals surface area contributed by atoms with Crippen molar-refractivity contribution in [1.29, 1.82) is 0 Å². The molecule has 5 nitrogen and oxygen atoms in total. The Morgan fingerprint density at radius 2 is 2.16 bits per heavy atom. The van der Waals surface area contributed by atoms with Crippen LogP contribution < -0.4 is 5.14 Å². The number of primary sulfonamides is 1. The maximum absolute atomic E-state index is 12.3. The molecule has 0 heterocycles. The van der Waals surface area contributed by atoms with Crippen molar-refractivity contribution in [2.45, 2.75) is 23.8 Å². The normalized spacial score (nSPS) is 15.0. The van der Waals surface area contributed by atoms with Crippen LogP contribution in [0.1, 0.15) is 23.2 Å². The maximum Gasteiger partial charge on any atom is 0.254 e. The molecular formula is C13H16N2O3S. The molecule has 1 amide bonds. The number of benzene rings is 1. The molecule has 0 radical (unpaired) electrons. The Bertz CT molecular complexity index is 606. The molecule has 19 heavy (non-hydrogen) atoms. The second kappa shape index (κ2) is 5.14. The van der Waals surface area contributed by atoms with E-state index in [1.54, 1.807) is 17.0 Å². The van der Waals surface area contributed by atoms with E-state index in [1.807, 2.05) is 0 Å². The highest BCUT2D eigenvalue weighted by atomic mass is 32.2. The molecule has 1 fully saturated rings. The van der Waals surface area contributed by atoms with E-state index in [-0.39, 0.29) is 16.8 Å². The number of hydrogen-bond donors (Lipinski definition) is 1. The van der Waals surface area contributed by atoms with Gasteiger partial charge in [-0.25, -0.2) is 13.6 Å². The van der Waals surface area contributed by atoms with Gasteiger partial charge in [0.2, 0.25) is 10.0 Å². The van der Waals surface area contributed by atoms with Gasteiger partial charge in [-0.05, 0) is 31.0 Å². The summed E-state index contributed by atoms with van der Waals surface area (Å²) in [6, 6.07) is 6.04. The summed E-state index contributed by atoms with van der Waals surface area (Å²) in [5.41, 5.74) is 0.334. The molecule has 0 aliphatic heterocycles. The highest BCUT2D eigenvalue weighted by Crippen LogP contribution is 2.28. The number of sulfonamides is 1. The monoisotopic (exact) mass is 280 g/mol. The minimum atomic E-state index is -3.79. The standard InChI is InChI=1S/C13H16N2O3S/c1-2-8-15(11-6-7-11)13(16)10-4-3-5-12(9-10)19(14,17)18/h2-5,9,11H,1,6-8H2,(H2,14,17,18). The number of nitrogens with zero attached hydrogens (tertiary/aromatic N) is 1. The molecule has 1 aromatic rings. The lowest BCUT2D eigenvalue weighted by Gasteiger charge is -2.20. The first kappa shape index (κ1) is 13.8. The summed E-state index contributed by atoms with van der Waals surface area (Å²) in [6.45, 7) is 4.10. The third-order valence-electron chi connectivity index (χ3n) is 2.98. The molecule has 2 N–H and O–H groups in total. The van der Waals surface area contributed by atoms with Crippen LogP contribution in [0.4, 0.5) is 0 Å². The first-order chi connectivity index (χ1) is 8.93. The summed E-state index contributed by atoms with van der Waals surface area (Å²) in [5.74, 6) is -0.187. The zero-order chi connectivity index (χ0) is 14.0. The third kappa shape index (κ3) is 3.21. The van der Waals surface area contributed by atoms with Gasteiger partial charge in [0.25, 0.3) is 5.91 Å². The minimum Gasteiger partial charge on any atom is -0.332 e. The topological polar surface area (TPSA) is 80.5 Å². The molecule has 0 bridgehead atoms. The Kier molecular flexibility index (Phi) is 3.73. The van der Waals surface area contributed by atoms with Crippen molar-refractivity contribution in [3.63, 3.8) is 0 Å². The number of carbonyl (C=O) groups excluding carboxylic acids is 1. The van der Waals surface area contributed by atoms with Gasteiger partial charge < -0.3 is 4.90 Å². The SMILES string of the molecule is C=CCN(C(=O)c1cccc(S(N)(=O)=O)c1)C1CC1. The van der Waals surface area contributed by atoms with Gasteiger partial charge in [-0.15, -0.1) is 6.58 Å². The largest absolute Gasteiger partial charge is 0.332 e. The van der Waals surface area contributed by atoms with Crippen LogP contribution in [0.3, 0.4) is 0 Å². The summed E-state index contributed by atoms with van der Waals surface area (Å²) in [4.78, 5) is 14.0. The van der Waals surface area contributed by atoms with Crippen LogP contribution in [0, 0.1) is 0 Å². The van der Waals surface area contributed by atoms with Gasteiger partial charge in [0.05, 0.1) is 4.90 Å². The predicted octanol–water partition coefficient (Wildman–Crippen LogP) is 1.12. The molecule has 0 saturated heterocycles. The van der Waals surface area contributed by atoms with E-state index in [9.17, 15) is 13.2 Å². The summed E-state index contributed by atoms with van der Waals surface area (Å²) >= 11 is 0. The van der Waals surface area contributed by atoms with Crippen molar-refractivity contribution in [1.82, 2.24) is 4.90 Å². The summed E-state index contributed by atoms with van der Waals surface area (Å²) in [6.07, 6.45) is 3.63. The van der Waals surface area contributed by atoms with Gasteiger partial charge in [-0.3, -0.25) is 4.79 Å². The molecule has 0 aromatic heterocycles. The number of hydrogen-bond acceptors (Lipinski definition) is 3. The molecule has 1 saturated carbocycles. The van der Waals surface area contributed by atoms with Crippen molar-refractivity contribution in [3.05, 3.63) is 42.5 Å². The fraction of sp³-hybridized carbons (Fsp3) is 0.308. The van der Waals surface area contributed by atoms with E-state index >= 15 is 0 Å². The number of rotatable bonds is 5. The van der Waals surface area contributed by atoms with Gasteiger partial charge in [-0.2, -0.15) is 0 Å². The Hall–Kier alpha value is -1.66. The van der Waals surface area contributed by atoms with Crippen LogP contribution in [0.5, 0.6) is 0 Å². The second-order valence-corrected chi connectivity index (χ2v) is 6.11. The maximum atomic E-state index is 12.3. The zero-order valence-electron chi connectivity index (χ0n) is 10.5. The molecule has 6 heteroatoms. The van der Waals surface area contributed by atoms with Crippen molar-refractivity contribution in [2.75, 3.05) is 6.54 Å². The lowest BCUT2D eigenvalue weighted by Crippen LogP contribution is -2.33. The number of nitrogens with two attached hydrogens (primary N) is 1. The fourth-order valence-corrected chi connectivity index (χ4v) is 2.45. The van der Waals surface area contributed by atoms with Gasteiger partial charge in [0.1, 0.15) is 0 Å². The van der Waals surface area contributed by atoms with Crippen LogP contribution in [0.25, 0.3) is 0 Å². The smallest absolute Gasteiger partial charge is 0.254 e. The minimum absolute atomic E-state index is 0.0484. The molecular weight excluding hydrogens is 264 g/mol. The van der Waals surface area contributed by atoms with E-state index in [1.165, 1.54) is 18.2 Å². The van der Waals surface area contributed by atoms with Gasteiger partial charge in [-0.1, -0.05) is 12.1 Å². The van der Waals surface area contributed by atoms with Crippen molar-refractivity contribution in [3.8, 4) is 0 Å². The highest BCUT2D eigenvalue weighted by molar-refractivity contribution is 7.89. The fourth-order valence-electron chi connectivity index (χ4n) is 1.90. The van der Waals surface area contributed by atoms with E-state index < -0.39 is 10.0 Å². The highest BCUT2D eigenvalue weighted by Gasteiger charge is 2.32. The molecule has 102 valence electrons. The van der Waals surface area contributed by atoms with Crippen molar-refractivity contribution in [2.24, 2.45) is 5.14 Å². The molecule has 1 aliphatic carbocycles. The predicted molar refractivity (Wildman–Crippen MR) is 72.1 cm³/mol. The number of carbonyl (C=O) groups is 1. The van der Waals surface area contributed by atoms with Crippen molar-refractivity contribution < 1.29 is 13.2 Å². The molecule has 0 spiro atoms. The van der Waals surface area contributed by atoms with Crippen LogP contribution in [-0.2, 0) is 10.0 Å². The molecule has 1 aromatic carbocycles. The van der Waals surface area contributed by atoms with E-state index in [0.717, 1.165) is 12.8 Å². The Balaban J connectivity index is 2.30. The Labute approximate surface area is 112 Å². The van der Waals surface area contributed by atoms with Gasteiger partial charge >= 0.3 is 0 Å². The Morgan fingerprint density at radius 3 is 2.68 bits per heavy atom. The molecule has 1 aliphatic rings. The molecule has 2 rings (SSSR count). The van der Waals surface area contributed by atoms with Crippen LogP contribution in [-0.4, -0.2) is 31.8 Å². The summed E-state index contributed by atoms with van der Waals surface area (Å²) in [5, 5.41) is 5.06. The first-order valence-corrected chi connectivity index (χ1v) is 7.53. The molecule has 0 atom stereocenters. The Morgan fingerprint density at radius 1 is 1.47 bits per heavy atom. The molecule has 0 unspecified atom stereocenters. The van der Waals surface area contributed by atoms with Gasteiger partial charge in [0, 0.05) is 18.2 Å². The van der Waals surface area contributed by atoms with Gasteiger partial charge in [0.15, 0.2) is 0 Å². The average Bonchev–Trinajstić information content (AvgIpc) is 3.18. The third-order valence-corrected chi connectivity index (χ3v) is 3.89. The lowest BCUT2D eigenvalue weighted by atomic mass is 10.2. The average molecular weight is 280 g/mol. The van der Waals surface area contributed by atoms with Crippen LogP contribution in [0.2, 0.25) is 0 Å². The van der Waals surface area contributed by atoms with Crippen LogP contribution >= 0.6 is 0 Å². The summed E-state index contributed by atoms with van der Waals surface area (Å²) in [7, 11) is -3.79. The van der Waals surface area contributed by atoms with E-state index in [2.05, 4.69) is 6.58 Å². The first-order valence-electron chi connectivity index (χ1n) is 5.98. The quantitative estimate of drug-likeness (QED) is 0.821. The van der Waals surface area contributed by atoms with E-state index in [4.69, 9.17) is 5.14 Å². The van der Waals surface area contributed by atoms with E-state index in [0.29, 0.717) is 12.1 Å².